The van der Waals surface area contributed by atoms with E-state index < -0.39 is 0 Å². The predicted molar refractivity (Wildman–Crippen MR) is 31.9 cm³/mol. The molecule has 0 spiro atoms. The Hall–Kier alpha value is 0.597. The van der Waals surface area contributed by atoms with Gasteiger partial charge in [-0.3, -0.25) is 0 Å². The fourth-order valence-electron chi connectivity index (χ4n) is 1.32. The molecule has 0 aromatic carbocycles. The van der Waals surface area contributed by atoms with Crippen molar-refractivity contribution >= 4 is 0 Å². The van der Waals surface area contributed by atoms with Crippen molar-refractivity contribution in [1.82, 2.24) is 0 Å². The number of hydrogen-bond donors (Lipinski definition) is 0. The SMILES string of the molecule is [CH2-][C@@H]1CC[C@@H](C)C1.[Li+]. The molecule has 0 nitrogen and oxygen atoms in total. The van der Waals surface area contributed by atoms with Crippen molar-refractivity contribution in [3.63, 3.8) is 0 Å². The zero-order valence-electron chi connectivity index (χ0n) is 5.98. The zero-order valence-corrected chi connectivity index (χ0v) is 5.98. The summed E-state index contributed by atoms with van der Waals surface area (Å²) in [7, 11) is 0. The van der Waals surface area contributed by atoms with Gasteiger partial charge < -0.3 is 6.92 Å². The van der Waals surface area contributed by atoms with Gasteiger partial charge in [-0.2, -0.15) is 5.92 Å². The minimum absolute atomic E-state index is 0. The Bertz CT molecular complexity index is 53.4. The van der Waals surface area contributed by atoms with Crippen LogP contribution in [0.15, 0.2) is 0 Å². The minimum atomic E-state index is 0. The third kappa shape index (κ3) is 2.24. The van der Waals surface area contributed by atoms with E-state index in [2.05, 4.69) is 13.8 Å². The first-order valence-electron chi connectivity index (χ1n) is 3.12. The molecular weight excluding hydrogens is 91.0 g/mol. The van der Waals surface area contributed by atoms with Crippen molar-refractivity contribution < 1.29 is 18.9 Å². The molecule has 0 heterocycles. The van der Waals surface area contributed by atoms with E-state index in [9.17, 15) is 0 Å². The average Bonchev–Trinajstić information content (AvgIpc) is 1.87. The Labute approximate surface area is 64.2 Å². The largest absolute Gasteiger partial charge is 1.00 e. The fraction of sp³-hybridized carbons (Fsp3) is 0.857. The first-order valence-corrected chi connectivity index (χ1v) is 3.12. The number of rotatable bonds is 0. The van der Waals surface area contributed by atoms with Gasteiger partial charge in [0.1, 0.15) is 0 Å². The smallest absolute Gasteiger partial charge is 0.340 e. The standard InChI is InChI=1S/C7H13.Li/c1-6-3-4-7(2)5-6;/h6-7H,1,3-5H2,2H3;/q-1;+1/t6-,7-;/m1./s1. The molecule has 0 saturated heterocycles. The molecule has 2 atom stereocenters. The number of hydrogen-bond acceptors (Lipinski definition) is 0. The molecule has 0 aromatic rings. The van der Waals surface area contributed by atoms with E-state index in [1.165, 1.54) is 19.3 Å². The molecule has 8 heavy (non-hydrogen) atoms. The summed E-state index contributed by atoms with van der Waals surface area (Å²) in [6.07, 6.45) is 4.13. The monoisotopic (exact) mass is 104 g/mol. The molecule has 0 unspecified atom stereocenters. The minimum Gasteiger partial charge on any atom is -0.340 e. The molecule has 0 amide bonds. The van der Waals surface area contributed by atoms with E-state index in [4.69, 9.17) is 0 Å². The Morgan fingerprint density at radius 2 is 2.00 bits per heavy atom. The first-order chi connectivity index (χ1) is 3.29. The maximum Gasteiger partial charge on any atom is 1.00 e. The summed E-state index contributed by atoms with van der Waals surface area (Å²) < 4.78 is 0. The van der Waals surface area contributed by atoms with Crippen LogP contribution in [0.2, 0.25) is 0 Å². The molecule has 0 aliphatic heterocycles. The normalized spacial score (nSPS) is 36.8. The molecule has 1 saturated carbocycles. The van der Waals surface area contributed by atoms with E-state index >= 15 is 0 Å². The molecule has 0 aromatic heterocycles. The van der Waals surface area contributed by atoms with E-state index in [1.807, 2.05) is 0 Å². The third-order valence-corrected chi connectivity index (χ3v) is 1.80. The maximum absolute atomic E-state index is 3.99. The molecule has 1 aliphatic carbocycles. The van der Waals surface area contributed by atoms with Gasteiger partial charge in [0.2, 0.25) is 0 Å². The van der Waals surface area contributed by atoms with Gasteiger partial charge in [0, 0.05) is 0 Å². The van der Waals surface area contributed by atoms with Crippen LogP contribution in [0.5, 0.6) is 0 Å². The van der Waals surface area contributed by atoms with Crippen LogP contribution in [0.3, 0.4) is 0 Å². The zero-order chi connectivity index (χ0) is 5.28. The second-order valence-electron chi connectivity index (χ2n) is 2.78. The average molecular weight is 104 g/mol. The van der Waals surface area contributed by atoms with Crippen molar-refractivity contribution in [2.24, 2.45) is 11.8 Å². The predicted octanol–water partition coefficient (Wildman–Crippen LogP) is -0.739. The first kappa shape index (κ1) is 8.60. The van der Waals surface area contributed by atoms with E-state index in [1.54, 1.807) is 0 Å². The van der Waals surface area contributed by atoms with Crippen LogP contribution in [0.4, 0.5) is 0 Å². The van der Waals surface area contributed by atoms with Gasteiger partial charge in [0.15, 0.2) is 0 Å². The molecule has 0 N–H and O–H groups in total. The summed E-state index contributed by atoms with van der Waals surface area (Å²) >= 11 is 0. The van der Waals surface area contributed by atoms with E-state index in [0.29, 0.717) is 0 Å². The molecular formula is C7H13Li. The molecule has 1 aliphatic rings. The van der Waals surface area contributed by atoms with Crippen LogP contribution in [0.25, 0.3) is 0 Å². The Morgan fingerprint density at radius 1 is 1.38 bits per heavy atom. The van der Waals surface area contributed by atoms with Crippen LogP contribution in [-0.2, 0) is 0 Å². The maximum atomic E-state index is 3.99. The van der Waals surface area contributed by atoms with Gasteiger partial charge >= 0.3 is 18.9 Å². The second kappa shape index (κ2) is 3.59. The van der Waals surface area contributed by atoms with Gasteiger partial charge in [0.25, 0.3) is 0 Å². The molecule has 0 bridgehead atoms. The molecule has 1 rings (SSSR count). The van der Waals surface area contributed by atoms with Crippen molar-refractivity contribution in [1.29, 1.82) is 0 Å². The summed E-state index contributed by atoms with van der Waals surface area (Å²) in [6, 6.07) is 0. The van der Waals surface area contributed by atoms with Gasteiger partial charge in [-0.05, 0) is 5.92 Å². The molecule has 42 valence electrons. The molecule has 0 radical (unpaired) electrons. The Morgan fingerprint density at radius 3 is 2.12 bits per heavy atom. The van der Waals surface area contributed by atoms with Crippen LogP contribution in [0, 0.1) is 18.8 Å². The topological polar surface area (TPSA) is 0 Å². The molecule has 1 fully saturated rings. The van der Waals surface area contributed by atoms with Gasteiger partial charge in [-0.25, -0.2) is 0 Å². The third-order valence-electron chi connectivity index (χ3n) is 1.80. The van der Waals surface area contributed by atoms with Crippen molar-refractivity contribution in [2.45, 2.75) is 26.2 Å². The van der Waals surface area contributed by atoms with Crippen molar-refractivity contribution in [3.8, 4) is 0 Å². The quantitative estimate of drug-likeness (QED) is 0.280. The van der Waals surface area contributed by atoms with Crippen LogP contribution >= 0.6 is 0 Å². The van der Waals surface area contributed by atoms with Gasteiger partial charge in [-0.15, -0.1) is 0 Å². The fourth-order valence-corrected chi connectivity index (χ4v) is 1.32. The second-order valence-corrected chi connectivity index (χ2v) is 2.78. The van der Waals surface area contributed by atoms with Crippen molar-refractivity contribution in [3.05, 3.63) is 6.92 Å². The summed E-state index contributed by atoms with van der Waals surface area (Å²) in [5, 5.41) is 0. The van der Waals surface area contributed by atoms with Crippen LogP contribution in [-0.4, -0.2) is 0 Å². The summed E-state index contributed by atoms with van der Waals surface area (Å²) in [5.41, 5.74) is 0. The summed E-state index contributed by atoms with van der Waals surface area (Å²) in [5.74, 6) is 1.73. The summed E-state index contributed by atoms with van der Waals surface area (Å²) in [6.45, 7) is 6.30. The summed E-state index contributed by atoms with van der Waals surface area (Å²) in [4.78, 5) is 0. The van der Waals surface area contributed by atoms with E-state index in [0.717, 1.165) is 11.8 Å². The van der Waals surface area contributed by atoms with Crippen molar-refractivity contribution in [2.75, 3.05) is 0 Å². The van der Waals surface area contributed by atoms with Gasteiger partial charge in [0.05, 0.1) is 0 Å². The van der Waals surface area contributed by atoms with Crippen LogP contribution in [0.1, 0.15) is 26.2 Å². The Kier molecular flexibility index (Phi) is 3.86. The molecule has 1 heteroatoms. The van der Waals surface area contributed by atoms with Gasteiger partial charge in [-0.1, -0.05) is 26.2 Å². The van der Waals surface area contributed by atoms with Crippen LogP contribution < -0.4 is 18.9 Å². The van der Waals surface area contributed by atoms with E-state index in [-0.39, 0.29) is 18.9 Å². The Balaban J connectivity index is 0.000000490.